The summed E-state index contributed by atoms with van der Waals surface area (Å²) in [5.41, 5.74) is 1.88. The molecule has 0 aliphatic heterocycles. The Balaban J connectivity index is 2.18. The molecule has 20 heavy (non-hydrogen) atoms. The van der Waals surface area contributed by atoms with Crippen LogP contribution in [0.5, 0.6) is 0 Å². The predicted molar refractivity (Wildman–Crippen MR) is 85.8 cm³/mol. The second-order valence-corrected chi connectivity index (χ2v) is 6.10. The molecule has 2 aromatic carbocycles. The van der Waals surface area contributed by atoms with Crippen molar-refractivity contribution in [3.63, 3.8) is 0 Å². The zero-order chi connectivity index (χ0) is 14.1. The Kier molecular flexibility index (Phi) is 3.41. The lowest BCUT2D eigenvalue weighted by Gasteiger charge is -2.08. The molecule has 0 atom stereocenters. The van der Waals surface area contributed by atoms with Gasteiger partial charge in [0.1, 0.15) is 0 Å². The molecule has 0 spiro atoms. The van der Waals surface area contributed by atoms with Crippen molar-refractivity contribution >= 4 is 27.9 Å². The van der Waals surface area contributed by atoms with E-state index in [2.05, 4.69) is 25.1 Å². The Bertz CT molecular complexity index is 783. The molecule has 0 N–H and O–H groups in total. The van der Waals surface area contributed by atoms with Gasteiger partial charge in [0, 0.05) is 10.4 Å². The first kappa shape index (κ1) is 13.1. The summed E-state index contributed by atoms with van der Waals surface area (Å²) < 4.78 is 0. The summed E-state index contributed by atoms with van der Waals surface area (Å²) in [4.78, 5) is 14.9. The first-order chi connectivity index (χ1) is 9.70. The summed E-state index contributed by atoms with van der Waals surface area (Å²) in [6, 6.07) is 16.2. The van der Waals surface area contributed by atoms with Crippen LogP contribution in [-0.2, 0) is 6.42 Å². The smallest absolute Gasteiger partial charge is 0.203 e. The number of benzene rings is 2. The average molecular weight is 280 g/mol. The quantitative estimate of drug-likeness (QED) is 0.617. The standard InChI is InChI=1S/C18H16OS/c1-3-14-10-11-16(20-14)18(19)17-12(2)8-9-13-6-4-5-7-15(13)17/h4-11H,3H2,1-2H3. The topological polar surface area (TPSA) is 17.1 Å². The number of carbonyl (C=O) groups excluding carboxylic acids is 1. The van der Waals surface area contributed by atoms with Crippen LogP contribution in [-0.4, -0.2) is 5.78 Å². The highest BCUT2D eigenvalue weighted by Gasteiger charge is 2.16. The molecule has 0 aliphatic carbocycles. The van der Waals surface area contributed by atoms with Gasteiger partial charge in [0.05, 0.1) is 4.88 Å². The fourth-order valence-electron chi connectivity index (χ4n) is 2.50. The van der Waals surface area contributed by atoms with Crippen molar-refractivity contribution < 1.29 is 4.79 Å². The summed E-state index contributed by atoms with van der Waals surface area (Å²) in [6.07, 6.45) is 0.979. The van der Waals surface area contributed by atoms with Gasteiger partial charge in [-0.05, 0) is 41.8 Å². The van der Waals surface area contributed by atoms with Crippen LogP contribution < -0.4 is 0 Å². The Morgan fingerprint density at radius 1 is 1.05 bits per heavy atom. The third-order valence-electron chi connectivity index (χ3n) is 3.60. The van der Waals surface area contributed by atoms with Crippen LogP contribution in [0.2, 0.25) is 0 Å². The van der Waals surface area contributed by atoms with E-state index in [9.17, 15) is 4.79 Å². The zero-order valence-corrected chi connectivity index (χ0v) is 12.5. The maximum Gasteiger partial charge on any atom is 0.203 e. The molecule has 0 amide bonds. The fraction of sp³-hybridized carbons (Fsp3) is 0.167. The van der Waals surface area contributed by atoms with Crippen LogP contribution in [0, 0.1) is 6.92 Å². The molecule has 0 saturated carbocycles. The lowest BCUT2D eigenvalue weighted by atomic mass is 9.96. The van der Waals surface area contributed by atoms with E-state index < -0.39 is 0 Å². The molecule has 3 aromatic rings. The molecule has 1 nitrogen and oxygen atoms in total. The Morgan fingerprint density at radius 3 is 2.60 bits per heavy atom. The number of thiophene rings is 1. The summed E-state index contributed by atoms with van der Waals surface area (Å²) in [5, 5.41) is 2.16. The van der Waals surface area contributed by atoms with E-state index in [0.717, 1.165) is 33.2 Å². The summed E-state index contributed by atoms with van der Waals surface area (Å²) in [7, 11) is 0. The number of hydrogen-bond acceptors (Lipinski definition) is 2. The van der Waals surface area contributed by atoms with Gasteiger partial charge in [-0.3, -0.25) is 4.79 Å². The van der Waals surface area contributed by atoms with Gasteiger partial charge < -0.3 is 0 Å². The molecule has 0 fully saturated rings. The summed E-state index contributed by atoms with van der Waals surface area (Å²) in [6.45, 7) is 4.12. The molecule has 0 aliphatic rings. The second-order valence-electron chi connectivity index (χ2n) is 4.93. The molecule has 0 bridgehead atoms. The highest BCUT2D eigenvalue weighted by molar-refractivity contribution is 7.14. The van der Waals surface area contributed by atoms with Gasteiger partial charge >= 0.3 is 0 Å². The molecule has 0 saturated heterocycles. The Labute approximate surface area is 122 Å². The maximum absolute atomic E-state index is 12.8. The molecule has 0 unspecified atom stereocenters. The minimum atomic E-state index is 0.143. The molecule has 100 valence electrons. The Morgan fingerprint density at radius 2 is 1.85 bits per heavy atom. The lowest BCUT2D eigenvalue weighted by Crippen LogP contribution is -2.02. The van der Waals surface area contributed by atoms with Gasteiger partial charge in [0.2, 0.25) is 5.78 Å². The van der Waals surface area contributed by atoms with Gasteiger partial charge in [0.25, 0.3) is 0 Å². The Hall–Kier alpha value is -1.93. The van der Waals surface area contributed by atoms with Crippen LogP contribution in [0.1, 0.15) is 32.6 Å². The molecular formula is C18H16OS. The van der Waals surface area contributed by atoms with Crippen molar-refractivity contribution in [2.75, 3.05) is 0 Å². The van der Waals surface area contributed by atoms with Gasteiger partial charge in [-0.15, -0.1) is 11.3 Å². The summed E-state index contributed by atoms with van der Waals surface area (Å²) in [5.74, 6) is 0.143. The third-order valence-corrected chi connectivity index (χ3v) is 4.83. The van der Waals surface area contributed by atoms with E-state index in [1.165, 1.54) is 4.88 Å². The number of fused-ring (bicyclic) bond motifs is 1. The van der Waals surface area contributed by atoms with E-state index in [4.69, 9.17) is 0 Å². The predicted octanol–water partition coefficient (Wildman–Crippen LogP) is 5.00. The van der Waals surface area contributed by atoms with Crippen molar-refractivity contribution in [3.8, 4) is 0 Å². The largest absolute Gasteiger partial charge is 0.288 e. The van der Waals surface area contributed by atoms with Crippen LogP contribution in [0.15, 0.2) is 48.5 Å². The van der Waals surface area contributed by atoms with Gasteiger partial charge in [0.15, 0.2) is 0 Å². The van der Waals surface area contributed by atoms with E-state index in [1.54, 1.807) is 11.3 Å². The lowest BCUT2D eigenvalue weighted by molar-refractivity contribution is 0.104. The first-order valence-electron chi connectivity index (χ1n) is 6.82. The van der Waals surface area contributed by atoms with Crippen molar-refractivity contribution in [2.24, 2.45) is 0 Å². The highest BCUT2D eigenvalue weighted by Crippen LogP contribution is 2.27. The normalized spacial score (nSPS) is 10.9. The second kappa shape index (κ2) is 5.22. The molecule has 1 heterocycles. The number of aryl methyl sites for hydroxylation is 2. The van der Waals surface area contributed by atoms with Crippen molar-refractivity contribution in [1.29, 1.82) is 0 Å². The fourth-order valence-corrected chi connectivity index (χ4v) is 3.39. The van der Waals surface area contributed by atoms with Gasteiger partial charge in [-0.25, -0.2) is 0 Å². The van der Waals surface area contributed by atoms with Gasteiger partial charge in [-0.1, -0.05) is 43.3 Å². The summed E-state index contributed by atoms with van der Waals surface area (Å²) >= 11 is 1.60. The molecule has 2 heteroatoms. The highest BCUT2D eigenvalue weighted by atomic mass is 32.1. The van der Waals surface area contributed by atoms with E-state index in [1.807, 2.05) is 37.3 Å². The number of carbonyl (C=O) groups is 1. The molecule has 3 rings (SSSR count). The van der Waals surface area contributed by atoms with E-state index >= 15 is 0 Å². The van der Waals surface area contributed by atoms with Crippen molar-refractivity contribution in [3.05, 3.63) is 69.4 Å². The number of ketones is 1. The minimum absolute atomic E-state index is 0.143. The maximum atomic E-state index is 12.8. The van der Waals surface area contributed by atoms with Gasteiger partial charge in [-0.2, -0.15) is 0 Å². The minimum Gasteiger partial charge on any atom is -0.288 e. The third kappa shape index (κ3) is 2.16. The van der Waals surface area contributed by atoms with Crippen LogP contribution in [0.3, 0.4) is 0 Å². The SMILES string of the molecule is CCc1ccc(C(=O)c2c(C)ccc3ccccc23)s1. The first-order valence-corrected chi connectivity index (χ1v) is 7.64. The molecule has 0 radical (unpaired) electrons. The molecular weight excluding hydrogens is 264 g/mol. The zero-order valence-electron chi connectivity index (χ0n) is 11.6. The van der Waals surface area contributed by atoms with E-state index in [-0.39, 0.29) is 5.78 Å². The van der Waals surface area contributed by atoms with Crippen molar-refractivity contribution in [1.82, 2.24) is 0 Å². The average Bonchev–Trinajstić information content (AvgIpc) is 2.95. The van der Waals surface area contributed by atoms with Crippen LogP contribution >= 0.6 is 11.3 Å². The van der Waals surface area contributed by atoms with Crippen LogP contribution in [0.25, 0.3) is 10.8 Å². The number of hydrogen-bond donors (Lipinski definition) is 0. The monoisotopic (exact) mass is 280 g/mol. The van der Waals surface area contributed by atoms with Crippen LogP contribution in [0.4, 0.5) is 0 Å². The number of rotatable bonds is 3. The van der Waals surface area contributed by atoms with E-state index in [0.29, 0.717) is 0 Å². The molecule has 1 aromatic heterocycles. The van der Waals surface area contributed by atoms with Crippen molar-refractivity contribution in [2.45, 2.75) is 20.3 Å².